The lowest BCUT2D eigenvalue weighted by Gasteiger charge is -2.10. The first-order valence-electron chi connectivity index (χ1n) is 5.91. The Hall–Kier alpha value is -1.51. The molecule has 2 nitrogen and oxygen atoms in total. The van der Waals surface area contributed by atoms with Gasteiger partial charge in [-0.2, -0.15) is 0 Å². The molecule has 0 amide bonds. The molecule has 0 aliphatic heterocycles. The van der Waals surface area contributed by atoms with Gasteiger partial charge in [-0.25, -0.2) is 0 Å². The Morgan fingerprint density at radius 2 is 1.94 bits per heavy atom. The Morgan fingerprint density at radius 3 is 2.61 bits per heavy atom. The molecule has 3 heteroatoms. The average molecular weight is 262 g/mol. The maximum Gasteiger partial charge on any atom is 0.122 e. The molecule has 94 valence electrons. The largest absolute Gasteiger partial charge is 0.492 e. The lowest BCUT2D eigenvalue weighted by Crippen LogP contribution is -2.11. The highest BCUT2D eigenvalue weighted by atomic mass is 35.5. The molecule has 0 heterocycles. The molecule has 0 aliphatic rings. The number of benzene rings is 2. The van der Waals surface area contributed by atoms with Crippen LogP contribution in [-0.2, 0) is 0 Å². The monoisotopic (exact) mass is 261 g/mol. The molecule has 0 bridgehead atoms. The van der Waals surface area contributed by atoms with Crippen molar-refractivity contribution >= 4 is 11.6 Å². The van der Waals surface area contributed by atoms with Crippen LogP contribution in [0, 0.1) is 6.92 Å². The second-order valence-electron chi connectivity index (χ2n) is 4.10. The number of ether oxygens (including phenoxy) is 1. The standard InChI is InChI=1S/C15H16ClNO/c1-11-10-12(6-7-15(11)18-9-8-17)13-4-2-3-5-14(13)16/h2-7,10H,8-9,17H2,1H3. The van der Waals surface area contributed by atoms with Crippen molar-refractivity contribution in [3.8, 4) is 16.9 Å². The third-order valence-corrected chi connectivity index (χ3v) is 3.06. The van der Waals surface area contributed by atoms with Gasteiger partial charge < -0.3 is 10.5 Å². The van der Waals surface area contributed by atoms with Gasteiger partial charge in [-0.15, -0.1) is 0 Å². The first-order valence-corrected chi connectivity index (χ1v) is 6.28. The summed E-state index contributed by atoms with van der Waals surface area (Å²) in [5.74, 6) is 0.872. The van der Waals surface area contributed by atoms with Gasteiger partial charge in [0.05, 0.1) is 0 Å². The molecule has 0 aliphatic carbocycles. The Bertz CT molecular complexity index is 540. The summed E-state index contributed by atoms with van der Waals surface area (Å²) in [7, 11) is 0. The molecule has 0 radical (unpaired) electrons. The summed E-state index contributed by atoms with van der Waals surface area (Å²) in [6, 6.07) is 13.9. The molecule has 0 saturated carbocycles. The van der Waals surface area contributed by atoms with Crippen LogP contribution in [0.15, 0.2) is 42.5 Å². The van der Waals surface area contributed by atoms with Crippen molar-refractivity contribution in [3.63, 3.8) is 0 Å². The molecule has 2 aromatic carbocycles. The van der Waals surface area contributed by atoms with Crippen LogP contribution in [0.25, 0.3) is 11.1 Å². The van der Waals surface area contributed by atoms with Crippen molar-refractivity contribution in [2.75, 3.05) is 13.2 Å². The van der Waals surface area contributed by atoms with Gasteiger partial charge in [-0.05, 0) is 36.2 Å². The van der Waals surface area contributed by atoms with Crippen LogP contribution in [0.4, 0.5) is 0 Å². The number of aryl methyl sites for hydroxylation is 1. The van der Waals surface area contributed by atoms with Gasteiger partial charge >= 0.3 is 0 Å². The van der Waals surface area contributed by atoms with Crippen molar-refractivity contribution < 1.29 is 4.74 Å². The van der Waals surface area contributed by atoms with E-state index in [4.69, 9.17) is 22.1 Å². The lowest BCUT2D eigenvalue weighted by atomic mass is 10.0. The summed E-state index contributed by atoms with van der Waals surface area (Å²) in [6.07, 6.45) is 0. The van der Waals surface area contributed by atoms with E-state index in [2.05, 4.69) is 6.07 Å². The number of rotatable bonds is 4. The quantitative estimate of drug-likeness (QED) is 0.912. The fraction of sp³-hybridized carbons (Fsp3) is 0.200. The Labute approximate surface area is 112 Å². The van der Waals surface area contributed by atoms with Crippen LogP contribution in [0.2, 0.25) is 5.02 Å². The normalized spacial score (nSPS) is 10.4. The SMILES string of the molecule is Cc1cc(-c2ccccc2Cl)ccc1OCCN. The van der Waals surface area contributed by atoms with Gasteiger partial charge in [0, 0.05) is 17.1 Å². The highest BCUT2D eigenvalue weighted by Crippen LogP contribution is 2.30. The van der Waals surface area contributed by atoms with Crippen LogP contribution < -0.4 is 10.5 Å². The highest BCUT2D eigenvalue weighted by molar-refractivity contribution is 6.33. The zero-order valence-corrected chi connectivity index (χ0v) is 11.1. The third-order valence-electron chi connectivity index (χ3n) is 2.74. The van der Waals surface area contributed by atoms with Crippen LogP contribution in [0.1, 0.15) is 5.56 Å². The maximum atomic E-state index is 6.19. The van der Waals surface area contributed by atoms with Gasteiger partial charge in [0.25, 0.3) is 0 Å². The summed E-state index contributed by atoms with van der Waals surface area (Å²) in [6.45, 7) is 3.07. The molecule has 0 fully saturated rings. The summed E-state index contributed by atoms with van der Waals surface area (Å²) in [4.78, 5) is 0. The molecule has 2 rings (SSSR count). The lowest BCUT2D eigenvalue weighted by molar-refractivity contribution is 0.326. The molecular weight excluding hydrogens is 246 g/mol. The molecule has 0 unspecified atom stereocenters. The fourth-order valence-corrected chi connectivity index (χ4v) is 2.09. The first-order chi connectivity index (χ1) is 8.72. The van der Waals surface area contributed by atoms with E-state index in [1.165, 1.54) is 0 Å². The van der Waals surface area contributed by atoms with E-state index < -0.39 is 0 Å². The third kappa shape index (κ3) is 2.84. The van der Waals surface area contributed by atoms with Gasteiger partial charge in [0.15, 0.2) is 0 Å². The number of nitrogens with two attached hydrogens (primary N) is 1. The summed E-state index contributed by atoms with van der Waals surface area (Å²) >= 11 is 6.19. The Kier molecular flexibility index (Phi) is 4.24. The molecular formula is C15H16ClNO. The zero-order chi connectivity index (χ0) is 13.0. The van der Waals surface area contributed by atoms with Crippen molar-refractivity contribution in [2.24, 2.45) is 5.73 Å². The van der Waals surface area contributed by atoms with Crippen LogP contribution in [0.5, 0.6) is 5.75 Å². The number of hydrogen-bond acceptors (Lipinski definition) is 2. The van der Waals surface area contributed by atoms with Gasteiger partial charge in [0.2, 0.25) is 0 Å². The summed E-state index contributed by atoms with van der Waals surface area (Å²) in [5.41, 5.74) is 8.64. The van der Waals surface area contributed by atoms with E-state index in [1.54, 1.807) is 0 Å². The van der Waals surface area contributed by atoms with E-state index in [-0.39, 0.29) is 0 Å². The molecule has 0 spiro atoms. The van der Waals surface area contributed by atoms with Crippen LogP contribution >= 0.6 is 11.6 Å². The van der Waals surface area contributed by atoms with Gasteiger partial charge in [-0.3, -0.25) is 0 Å². The second-order valence-corrected chi connectivity index (χ2v) is 4.50. The average Bonchev–Trinajstić information content (AvgIpc) is 2.38. The highest BCUT2D eigenvalue weighted by Gasteiger charge is 2.05. The van der Waals surface area contributed by atoms with Crippen molar-refractivity contribution in [2.45, 2.75) is 6.92 Å². The van der Waals surface area contributed by atoms with E-state index in [1.807, 2.05) is 43.3 Å². The predicted octanol–water partition coefficient (Wildman–Crippen LogP) is 3.65. The van der Waals surface area contributed by atoms with Gasteiger partial charge in [-0.1, -0.05) is 35.9 Å². The van der Waals surface area contributed by atoms with E-state index in [0.29, 0.717) is 13.2 Å². The van der Waals surface area contributed by atoms with Crippen molar-refractivity contribution in [3.05, 3.63) is 53.1 Å². The zero-order valence-electron chi connectivity index (χ0n) is 10.3. The molecule has 0 aromatic heterocycles. The molecule has 2 aromatic rings. The fourth-order valence-electron chi connectivity index (χ4n) is 1.84. The number of halogens is 1. The Morgan fingerprint density at radius 1 is 1.17 bits per heavy atom. The van der Waals surface area contributed by atoms with E-state index in [9.17, 15) is 0 Å². The van der Waals surface area contributed by atoms with Crippen molar-refractivity contribution in [1.29, 1.82) is 0 Å². The van der Waals surface area contributed by atoms with Gasteiger partial charge in [0.1, 0.15) is 12.4 Å². The second kappa shape index (κ2) is 5.89. The van der Waals surface area contributed by atoms with E-state index >= 15 is 0 Å². The smallest absolute Gasteiger partial charge is 0.122 e. The molecule has 18 heavy (non-hydrogen) atoms. The molecule has 2 N–H and O–H groups in total. The van der Waals surface area contributed by atoms with Crippen LogP contribution in [-0.4, -0.2) is 13.2 Å². The van der Waals surface area contributed by atoms with E-state index in [0.717, 1.165) is 27.5 Å². The number of hydrogen-bond donors (Lipinski definition) is 1. The summed E-state index contributed by atoms with van der Waals surface area (Å²) < 4.78 is 5.55. The topological polar surface area (TPSA) is 35.2 Å². The molecule has 0 saturated heterocycles. The minimum absolute atomic E-state index is 0.520. The predicted molar refractivity (Wildman–Crippen MR) is 76.2 cm³/mol. The minimum atomic E-state index is 0.520. The summed E-state index contributed by atoms with van der Waals surface area (Å²) in [5, 5.41) is 0.757. The minimum Gasteiger partial charge on any atom is -0.492 e. The van der Waals surface area contributed by atoms with Crippen molar-refractivity contribution in [1.82, 2.24) is 0 Å². The first kappa shape index (κ1) is 12.9. The Balaban J connectivity index is 2.32. The maximum absolute atomic E-state index is 6.19. The molecule has 0 atom stereocenters. The van der Waals surface area contributed by atoms with Crippen LogP contribution in [0.3, 0.4) is 0 Å².